The third kappa shape index (κ3) is 3.46. The Balaban J connectivity index is 0.00000169. The Hall–Kier alpha value is -0.280. The first-order valence-electron chi connectivity index (χ1n) is 4.74. The summed E-state index contributed by atoms with van der Waals surface area (Å²) >= 11 is 0. The number of hydrogen-bond acceptors (Lipinski definition) is 2. The lowest BCUT2D eigenvalue weighted by Crippen LogP contribution is -2.58. The molecule has 0 aromatic rings. The van der Waals surface area contributed by atoms with Gasteiger partial charge in [-0.25, -0.2) is 0 Å². The molecule has 0 spiro atoms. The second-order valence-corrected chi connectivity index (χ2v) is 5.34. The summed E-state index contributed by atoms with van der Waals surface area (Å²) in [5, 5.41) is 12.4. The third-order valence-corrected chi connectivity index (χ3v) is 2.54. The molecule has 0 aromatic heterocycles. The minimum atomic E-state index is -0.664. The molecular formula is C10H20ClNO2. The maximum absolute atomic E-state index is 10.9. The molecule has 0 unspecified atom stereocenters. The molecule has 1 aliphatic rings. The van der Waals surface area contributed by atoms with Crippen LogP contribution in [0.2, 0.25) is 0 Å². The average Bonchev–Trinajstić information content (AvgIpc) is 1.79. The van der Waals surface area contributed by atoms with Crippen LogP contribution in [-0.4, -0.2) is 22.2 Å². The minimum absolute atomic E-state index is 0. The first-order chi connectivity index (χ1) is 5.72. The highest BCUT2D eigenvalue weighted by atomic mass is 35.5. The molecule has 0 aromatic carbocycles. The summed E-state index contributed by atoms with van der Waals surface area (Å²) in [6.07, 6.45) is 1.43. The van der Waals surface area contributed by atoms with Crippen molar-refractivity contribution in [2.75, 3.05) is 0 Å². The van der Waals surface area contributed by atoms with Gasteiger partial charge in [0.25, 0.3) is 0 Å². The van der Waals surface area contributed by atoms with E-state index in [0.717, 1.165) is 0 Å². The number of halogens is 1. The number of carboxylic acid groups (broad SMARTS) is 1. The maximum Gasteiger partial charge on any atom is 0.306 e. The molecule has 4 heteroatoms. The van der Waals surface area contributed by atoms with E-state index in [1.807, 2.05) is 0 Å². The Morgan fingerprint density at radius 1 is 1.21 bits per heavy atom. The highest BCUT2D eigenvalue weighted by Gasteiger charge is 2.40. The summed E-state index contributed by atoms with van der Waals surface area (Å²) in [7, 11) is 0. The number of piperidine rings is 1. The van der Waals surface area contributed by atoms with E-state index in [1.165, 1.54) is 0 Å². The molecule has 14 heavy (non-hydrogen) atoms. The van der Waals surface area contributed by atoms with E-state index in [0.29, 0.717) is 12.8 Å². The van der Waals surface area contributed by atoms with Crippen molar-refractivity contribution in [2.45, 2.75) is 51.6 Å². The van der Waals surface area contributed by atoms with Crippen LogP contribution in [-0.2, 0) is 4.79 Å². The molecule has 0 saturated carbocycles. The predicted molar refractivity (Wildman–Crippen MR) is 58.9 cm³/mol. The Kier molecular flexibility index (Phi) is 3.99. The fourth-order valence-electron chi connectivity index (χ4n) is 2.50. The lowest BCUT2D eigenvalue weighted by atomic mass is 9.76. The van der Waals surface area contributed by atoms with Gasteiger partial charge in [0.05, 0.1) is 5.92 Å². The fraction of sp³-hybridized carbons (Fsp3) is 0.900. The van der Waals surface area contributed by atoms with E-state index in [-0.39, 0.29) is 29.4 Å². The van der Waals surface area contributed by atoms with Crippen LogP contribution < -0.4 is 5.32 Å². The molecule has 1 fully saturated rings. The predicted octanol–water partition coefficient (Wildman–Crippen LogP) is 2.05. The van der Waals surface area contributed by atoms with Gasteiger partial charge in [-0.05, 0) is 40.5 Å². The Morgan fingerprint density at radius 3 is 1.86 bits per heavy atom. The monoisotopic (exact) mass is 221 g/mol. The summed E-state index contributed by atoms with van der Waals surface area (Å²) in [5.41, 5.74) is -0.129. The van der Waals surface area contributed by atoms with Crippen molar-refractivity contribution in [1.82, 2.24) is 5.32 Å². The number of hydrogen-bond donors (Lipinski definition) is 2. The topological polar surface area (TPSA) is 49.3 Å². The van der Waals surface area contributed by atoms with E-state index < -0.39 is 5.97 Å². The van der Waals surface area contributed by atoms with Crippen molar-refractivity contribution >= 4 is 18.4 Å². The third-order valence-electron chi connectivity index (χ3n) is 2.54. The number of aliphatic carboxylic acids is 1. The van der Waals surface area contributed by atoms with Gasteiger partial charge >= 0.3 is 5.97 Å². The molecule has 0 radical (unpaired) electrons. The Bertz CT molecular complexity index is 210. The van der Waals surface area contributed by atoms with Crippen LogP contribution in [0.3, 0.4) is 0 Å². The maximum atomic E-state index is 10.9. The normalized spacial score (nSPS) is 25.1. The summed E-state index contributed by atoms with van der Waals surface area (Å²) in [5.74, 6) is -0.867. The highest BCUT2D eigenvalue weighted by Crippen LogP contribution is 2.32. The van der Waals surface area contributed by atoms with Gasteiger partial charge in [-0.2, -0.15) is 0 Å². The van der Waals surface area contributed by atoms with Crippen LogP contribution in [0.15, 0.2) is 0 Å². The van der Waals surface area contributed by atoms with Crippen molar-refractivity contribution in [2.24, 2.45) is 5.92 Å². The van der Waals surface area contributed by atoms with E-state index in [1.54, 1.807) is 0 Å². The molecule has 3 nitrogen and oxygen atoms in total. The van der Waals surface area contributed by atoms with Gasteiger partial charge in [0.15, 0.2) is 0 Å². The van der Waals surface area contributed by atoms with Crippen LogP contribution >= 0.6 is 12.4 Å². The van der Waals surface area contributed by atoms with Crippen molar-refractivity contribution in [1.29, 1.82) is 0 Å². The second kappa shape index (κ2) is 4.07. The Morgan fingerprint density at radius 2 is 1.57 bits per heavy atom. The average molecular weight is 222 g/mol. The smallest absolute Gasteiger partial charge is 0.306 e. The summed E-state index contributed by atoms with van der Waals surface area (Å²) in [6.45, 7) is 8.24. The van der Waals surface area contributed by atoms with Crippen LogP contribution in [0.25, 0.3) is 0 Å². The molecule has 0 atom stereocenters. The number of nitrogens with one attached hydrogen (secondary N) is 1. The molecule has 0 bridgehead atoms. The minimum Gasteiger partial charge on any atom is -0.481 e. The summed E-state index contributed by atoms with van der Waals surface area (Å²) in [4.78, 5) is 10.9. The first-order valence-corrected chi connectivity index (χ1v) is 4.74. The molecular weight excluding hydrogens is 202 g/mol. The van der Waals surface area contributed by atoms with Gasteiger partial charge in [-0.1, -0.05) is 0 Å². The van der Waals surface area contributed by atoms with Crippen LogP contribution in [0.1, 0.15) is 40.5 Å². The van der Waals surface area contributed by atoms with Crippen LogP contribution in [0, 0.1) is 5.92 Å². The second-order valence-electron chi connectivity index (χ2n) is 5.34. The molecule has 0 aliphatic carbocycles. The summed E-state index contributed by atoms with van der Waals surface area (Å²) in [6, 6.07) is 0. The van der Waals surface area contributed by atoms with Crippen LogP contribution in [0.4, 0.5) is 0 Å². The molecule has 1 rings (SSSR count). The van der Waals surface area contributed by atoms with E-state index in [9.17, 15) is 4.79 Å². The van der Waals surface area contributed by atoms with Crippen molar-refractivity contribution in [3.63, 3.8) is 0 Å². The zero-order valence-corrected chi connectivity index (χ0v) is 10.1. The van der Waals surface area contributed by atoms with Gasteiger partial charge in [0, 0.05) is 11.1 Å². The van der Waals surface area contributed by atoms with E-state index in [4.69, 9.17) is 5.11 Å². The van der Waals surface area contributed by atoms with Gasteiger partial charge in [-0.3, -0.25) is 4.79 Å². The van der Waals surface area contributed by atoms with Gasteiger partial charge in [0.2, 0.25) is 0 Å². The van der Waals surface area contributed by atoms with Crippen molar-refractivity contribution < 1.29 is 9.90 Å². The SMILES string of the molecule is CC1(C)CC(C(=O)O)CC(C)(C)N1.Cl. The van der Waals surface area contributed by atoms with E-state index in [2.05, 4.69) is 33.0 Å². The molecule has 0 amide bonds. The highest BCUT2D eigenvalue weighted by molar-refractivity contribution is 5.85. The van der Waals surface area contributed by atoms with Gasteiger partial charge in [-0.15, -0.1) is 12.4 Å². The van der Waals surface area contributed by atoms with Gasteiger partial charge < -0.3 is 10.4 Å². The summed E-state index contributed by atoms with van der Waals surface area (Å²) < 4.78 is 0. The number of carbonyl (C=O) groups is 1. The molecule has 1 saturated heterocycles. The fourth-order valence-corrected chi connectivity index (χ4v) is 2.50. The molecule has 1 aliphatic heterocycles. The number of carboxylic acids is 1. The first kappa shape index (κ1) is 13.7. The molecule has 84 valence electrons. The quantitative estimate of drug-likeness (QED) is 0.713. The lowest BCUT2D eigenvalue weighted by Gasteiger charge is -2.45. The van der Waals surface area contributed by atoms with Gasteiger partial charge in [0.1, 0.15) is 0 Å². The van der Waals surface area contributed by atoms with E-state index >= 15 is 0 Å². The van der Waals surface area contributed by atoms with Crippen LogP contribution in [0.5, 0.6) is 0 Å². The molecule has 2 N–H and O–H groups in total. The zero-order valence-electron chi connectivity index (χ0n) is 9.26. The Labute approximate surface area is 91.7 Å². The largest absolute Gasteiger partial charge is 0.481 e. The number of rotatable bonds is 1. The van der Waals surface area contributed by atoms with Crippen molar-refractivity contribution in [3.05, 3.63) is 0 Å². The molecule has 1 heterocycles. The lowest BCUT2D eigenvalue weighted by molar-refractivity contribution is -0.144. The van der Waals surface area contributed by atoms with Crippen molar-refractivity contribution in [3.8, 4) is 0 Å². The standard InChI is InChI=1S/C10H19NO2.ClH/c1-9(2)5-7(8(12)13)6-10(3,4)11-9;/h7,11H,5-6H2,1-4H3,(H,12,13);1H. The zero-order chi connectivity index (χ0) is 10.3.